The predicted molar refractivity (Wildman–Crippen MR) is 72.6 cm³/mol. The molecule has 1 aliphatic heterocycles. The van der Waals surface area contributed by atoms with Gasteiger partial charge in [-0.2, -0.15) is 9.36 Å². The van der Waals surface area contributed by atoms with Crippen molar-refractivity contribution >= 4 is 35.1 Å². The minimum atomic E-state index is -0.300. The van der Waals surface area contributed by atoms with Crippen LogP contribution in [0.5, 0.6) is 0 Å². The quantitative estimate of drug-likeness (QED) is 0.863. The molecule has 19 heavy (non-hydrogen) atoms. The lowest BCUT2D eigenvalue weighted by Crippen LogP contribution is -2.21. The van der Waals surface area contributed by atoms with Crippen molar-refractivity contribution in [2.24, 2.45) is 0 Å². The molecule has 0 spiro atoms. The van der Waals surface area contributed by atoms with Crippen LogP contribution in [0.15, 0.2) is 4.34 Å². The van der Waals surface area contributed by atoms with E-state index in [1.54, 1.807) is 0 Å². The minimum Gasteiger partial charge on any atom is -0.307 e. The second-order valence-corrected chi connectivity index (χ2v) is 5.90. The first-order chi connectivity index (χ1) is 9.28. The van der Waals surface area contributed by atoms with E-state index in [2.05, 4.69) is 24.9 Å². The standard InChI is InChI=1S/C10H12N6OS2/c1-18-10-12-9(15-19-10)11-8(17)7-14-13-6-4-2-3-5-16(6)7/h2-5H2,1H3,(H,11,15,17). The Labute approximate surface area is 118 Å². The van der Waals surface area contributed by atoms with E-state index in [9.17, 15) is 4.79 Å². The second kappa shape index (κ2) is 5.25. The highest BCUT2D eigenvalue weighted by Gasteiger charge is 2.21. The van der Waals surface area contributed by atoms with Crippen molar-refractivity contribution in [3.8, 4) is 0 Å². The summed E-state index contributed by atoms with van der Waals surface area (Å²) in [6, 6.07) is 0. The first-order valence-electron chi connectivity index (χ1n) is 5.89. The van der Waals surface area contributed by atoms with E-state index in [1.165, 1.54) is 23.3 Å². The molecule has 0 atom stereocenters. The van der Waals surface area contributed by atoms with Gasteiger partial charge in [-0.3, -0.25) is 10.1 Å². The molecule has 0 aromatic carbocycles. The number of hydrogen-bond donors (Lipinski definition) is 1. The van der Waals surface area contributed by atoms with E-state index in [4.69, 9.17) is 0 Å². The Bertz CT molecular complexity index is 607. The smallest absolute Gasteiger partial charge is 0.295 e. The fourth-order valence-electron chi connectivity index (χ4n) is 1.98. The average molecular weight is 296 g/mol. The fraction of sp³-hybridized carbons (Fsp3) is 0.500. The lowest BCUT2D eigenvalue weighted by atomic mass is 10.2. The van der Waals surface area contributed by atoms with E-state index < -0.39 is 0 Å². The van der Waals surface area contributed by atoms with E-state index in [0.29, 0.717) is 11.8 Å². The molecule has 0 saturated heterocycles. The van der Waals surface area contributed by atoms with Crippen LogP contribution in [0.2, 0.25) is 0 Å². The number of aromatic nitrogens is 5. The Morgan fingerprint density at radius 3 is 3.11 bits per heavy atom. The third-order valence-electron chi connectivity index (χ3n) is 2.87. The molecule has 100 valence electrons. The summed E-state index contributed by atoms with van der Waals surface area (Å²) in [4.78, 5) is 16.3. The van der Waals surface area contributed by atoms with Gasteiger partial charge in [0.25, 0.3) is 5.91 Å². The third kappa shape index (κ3) is 2.47. The van der Waals surface area contributed by atoms with Crippen LogP contribution >= 0.6 is 23.3 Å². The summed E-state index contributed by atoms with van der Waals surface area (Å²) < 4.78 is 6.76. The molecule has 1 aliphatic rings. The molecule has 0 radical (unpaired) electrons. The summed E-state index contributed by atoms with van der Waals surface area (Å²) in [6.45, 7) is 0.797. The van der Waals surface area contributed by atoms with Crippen molar-refractivity contribution in [1.82, 2.24) is 24.1 Å². The minimum absolute atomic E-state index is 0.300. The number of carbonyl (C=O) groups excluding carboxylic acids is 1. The number of thioether (sulfide) groups is 1. The van der Waals surface area contributed by atoms with Gasteiger partial charge in [0.1, 0.15) is 5.82 Å². The van der Waals surface area contributed by atoms with Crippen molar-refractivity contribution in [2.75, 3.05) is 11.6 Å². The van der Waals surface area contributed by atoms with E-state index in [1.807, 2.05) is 10.8 Å². The first-order valence-corrected chi connectivity index (χ1v) is 7.89. The number of carbonyl (C=O) groups is 1. The van der Waals surface area contributed by atoms with Crippen LogP contribution in [-0.4, -0.2) is 36.3 Å². The molecule has 3 rings (SSSR count). The van der Waals surface area contributed by atoms with Crippen LogP contribution in [0.1, 0.15) is 29.3 Å². The Morgan fingerprint density at radius 2 is 2.32 bits per heavy atom. The van der Waals surface area contributed by atoms with Crippen LogP contribution < -0.4 is 5.32 Å². The SMILES string of the molecule is CSc1nc(NC(=O)c2nnc3n2CCCC3)ns1. The van der Waals surface area contributed by atoms with Crippen LogP contribution in [0.25, 0.3) is 0 Å². The highest BCUT2D eigenvalue weighted by Crippen LogP contribution is 2.19. The number of anilines is 1. The Balaban J connectivity index is 1.78. The summed E-state index contributed by atoms with van der Waals surface area (Å²) in [5.41, 5.74) is 0. The molecule has 0 saturated carbocycles. The molecule has 0 bridgehead atoms. The molecule has 1 N–H and O–H groups in total. The molecule has 9 heteroatoms. The lowest BCUT2D eigenvalue weighted by Gasteiger charge is -2.13. The van der Waals surface area contributed by atoms with Crippen LogP contribution in [0.4, 0.5) is 5.95 Å². The predicted octanol–water partition coefficient (Wildman–Crippen LogP) is 1.44. The second-order valence-electron chi connectivity index (χ2n) is 4.09. The molecule has 7 nitrogen and oxygen atoms in total. The molecular formula is C10H12N6OS2. The van der Waals surface area contributed by atoms with Crippen molar-refractivity contribution in [1.29, 1.82) is 0 Å². The zero-order valence-corrected chi connectivity index (χ0v) is 11.9. The Morgan fingerprint density at radius 1 is 1.42 bits per heavy atom. The number of aryl methyl sites for hydroxylation is 1. The maximum atomic E-state index is 12.1. The summed E-state index contributed by atoms with van der Waals surface area (Å²) in [6.07, 6.45) is 4.95. The molecule has 0 fully saturated rings. The van der Waals surface area contributed by atoms with Gasteiger partial charge in [0, 0.05) is 13.0 Å². The number of nitrogens with one attached hydrogen (secondary N) is 1. The number of hydrogen-bond acceptors (Lipinski definition) is 7. The molecule has 3 heterocycles. The molecule has 0 unspecified atom stereocenters. The van der Waals surface area contributed by atoms with Gasteiger partial charge in [0.2, 0.25) is 11.8 Å². The summed E-state index contributed by atoms with van der Waals surface area (Å²) >= 11 is 2.76. The van der Waals surface area contributed by atoms with E-state index in [0.717, 1.165) is 36.0 Å². The first kappa shape index (κ1) is 12.5. The topological polar surface area (TPSA) is 85.6 Å². The monoisotopic (exact) mass is 296 g/mol. The van der Waals surface area contributed by atoms with E-state index >= 15 is 0 Å². The maximum Gasteiger partial charge on any atom is 0.295 e. The number of rotatable bonds is 3. The van der Waals surface area contributed by atoms with Gasteiger partial charge in [-0.25, -0.2) is 0 Å². The fourth-order valence-corrected chi connectivity index (χ4v) is 2.94. The van der Waals surface area contributed by atoms with Gasteiger partial charge in [0.05, 0.1) is 0 Å². The van der Waals surface area contributed by atoms with Crippen molar-refractivity contribution < 1.29 is 4.79 Å². The number of fused-ring (bicyclic) bond motifs is 1. The van der Waals surface area contributed by atoms with Gasteiger partial charge in [-0.1, -0.05) is 11.8 Å². The average Bonchev–Trinajstić information content (AvgIpc) is 3.04. The summed E-state index contributed by atoms with van der Waals surface area (Å²) in [5.74, 6) is 1.25. The normalized spacial score (nSPS) is 14.2. The summed E-state index contributed by atoms with van der Waals surface area (Å²) in [7, 11) is 0. The van der Waals surface area contributed by atoms with E-state index in [-0.39, 0.29) is 5.91 Å². The van der Waals surface area contributed by atoms with Crippen molar-refractivity contribution in [3.63, 3.8) is 0 Å². The van der Waals surface area contributed by atoms with Gasteiger partial charge in [0.15, 0.2) is 4.34 Å². The Kier molecular flexibility index (Phi) is 3.47. The summed E-state index contributed by atoms with van der Waals surface area (Å²) in [5, 5.41) is 10.7. The van der Waals surface area contributed by atoms with Crippen molar-refractivity contribution in [3.05, 3.63) is 11.6 Å². The van der Waals surface area contributed by atoms with Crippen LogP contribution in [0, 0.1) is 0 Å². The molecule has 0 aliphatic carbocycles. The van der Waals surface area contributed by atoms with Crippen LogP contribution in [0.3, 0.4) is 0 Å². The zero-order valence-electron chi connectivity index (χ0n) is 10.3. The lowest BCUT2D eigenvalue weighted by molar-refractivity contribution is 0.101. The Hall–Kier alpha value is -1.48. The van der Waals surface area contributed by atoms with Gasteiger partial charge in [-0.15, -0.1) is 10.2 Å². The van der Waals surface area contributed by atoms with Gasteiger partial charge < -0.3 is 4.57 Å². The van der Waals surface area contributed by atoms with Gasteiger partial charge in [-0.05, 0) is 30.6 Å². The van der Waals surface area contributed by atoms with Crippen LogP contribution in [-0.2, 0) is 13.0 Å². The molecule has 2 aromatic heterocycles. The maximum absolute atomic E-state index is 12.1. The zero-order chi connectivity index (χ0) is 13.2. The van der Waals surface area contributed by atoms with Crippen molar-refractivity contribution in [2.45, 2.75) is 30.1 Å². The van der Waals surface area contributed by atoms with Gasteiger partial charge >= 0.3 is 0 Å². The largest absolute Gasteiger partial charge is 0.307 e. The number of nitrogens with zero attached hydrogens (tertiary/aromatic N) is 5. The molecule has 1 amide bonds. The third-order valence-corrected chi connectivity index (χ3v) is 4.55. The number of amides is 1. The molecular weight excluding hydrogens is 284 g/mol. The highest BCUT2D eigenvalue weighted by atomic mass is 32.2. The molecule has 2 aromatic rings. The highest BCUT2D eigenvalue weighted by molar-refractivity contribution is 8.00.